The molecule has 33 heavy (non-hydrogen) atoms. The number of benzene rings is 2. The molecule has 2 aromatic heterocycles. The van der Waals surface area contributed by atoms with Gasteiger partial charge >= 0.3 is 0 Å². The van der Waals surface area contributed by atoms with Gasteiger partial charge in [0.05, 0.1) is 23.7 Å². The predicted octanol–water partition coefficient (Wildman–Crippen LogP) is 4.37. The minimum atomic E-state index is -3.79. The van der Waals surface area contributed by atoms with Crippen LogP contribution in [0.15, 0.2) is 78.0 Å². The fourth-order valence-electron chi connectivity index (χ4n) is 4.03. The van der Waals surface area contributed by atoms with Crippen molar-refractivity contribution in [1.29, 1.82) is 5.26 Å². The van der Waals surface area contributed by atoms with Crippen LogP contribution in [0.2, 0.25) is 0 Å². The number of aromatic nitrogens is 2. The Morgan fingerprint density at radius 3 is 2.61 bits per heavy atom. The molecule has 3 heterocycles. The van der Waals surface area contributed by atoms with Gasteiger partial charge in [-0.1, -0.05) is 24.3 Å². The molecule has 0 unspecified atom stereocenters. The van der Waals surface area contributed by atoms with Crippen molar-refractivity contribution in [2.24, 2.45) is 0 Å². The Hall–Kier alpha value is -3.67. The highest BCUT2D eigenvalue weighted by Gasteiger charge is 2.21. The molecule has 7 nitrogen and oxygen atoms in total. The number of hydrogen-bond donors (Lipinski definition) is 0. The zero-order chi connectivity index (χ0) is 22.8. The van der Waals surface area contributed by atoms with Crippen LogP contribution in [0.4, 0.5) is 0 Å². The highest BCUT2D eigenvalue weighted by atomic mass is 32.2. The van der Waals surface area contributed by atoms with E-state index in [1.54, 1.807) is 54.7 Å². The molecule has 0 N–H and O–H groups in total. The molecule has 0 atom stereocenters. The largest absolute Gasteiger partial charge is 0.489 e. The summed E-state index contributed by atoms with van der Waals surface area (Å²) in [7, 11) is -3.79. The molecule has 0 bridgehead atoms. The smallest absolute Gasteiger partial charge is 0.269 e. The molecular weight excluding hydrogens is 438 g/mol. The van der Waals surface area contributed by atoms with E-state index < -0.39 is 10.0 Å². The lowest BCUT2D eigenvalue weighted by molar-refractivity contribution is 0.0254. The molecule has 0 amide bonds. The van der Waals surface area contributed by atoms with Crippen LogP contribution in [0.5, 0.6) is 5.75 Å². The summed E-state index contributed by atoms with van der Waals surface area (Å²) >= 11 is 0. The summed E-state index contributed by atoms with van der Waals surface area (Å²) < 4.78 is 38.9. The van der Waals surface area contributed by atoms with E-state index in [0.29, 0.717) is 35.6 Å². The van der Waals surface area contributed by atoms with Gasteiger partial charge in [0.1, 0.15) is 17.9 Å². The Balaban J connectivity index is 1.54. The Bertz CT molecular complexity index is 1450. The van der Waals surface area contributed by atoms with Gasteiger partial charge in [-0.05, 0) is 47.5 Å². The molecule has 1 saturated heterocycles. The first-order chi connectivity index (χ1) is 16.1. The van der Waals surface area contributed by atoms with Crippen molar-refractivity contribution in [1.82, 2.24) is 8.96 Å². The van der Waals surface area contributed by atoms with Crippen molar-refractivity contribution in [3.63, 3.8) is 0 Å². The molecule has 5 rings (SSSR count). The van der Waals surface area contributed by atoms with Crippen LogP contribution >= 0.6 is 0 Å². The van der Waals surface area contributed by atoms with E-state index in [2.05, 4.69) is 11.1 Å². The number of ether oxygens (including phenoxy) is 2. The van der Waals surface area contributed by atoms with Gasteiger partial charge in [-0.3, -0.25) is 0 Å². The van der Waals surface area contributed by atoms with Crippen molar-refractivity contribution in [2.45, 2.75) is 23.8 Å². The molecular formula is C25H21N3O4S. The number of hydrogen-bond acceptors (Lipinski definition) is 6. The lowest BCUT2D eigenvalue weighted by Gasteiger charge is -2.23. The standard InChI is InChI=1S/C25H21N3O4S/c26-17-19-16-18(6-7-24(19)32-20-10-14-31-15-11-20)22-8-12-27-25-23(22)9-13-28(25)33(29,30)21-4-2-1-3-5-21/h1-9,12-13,16,20H,10-11,14-15H2. The summed E-state index contributed by atoms with van der Waals surface area (Å²) in [5.74, 6) is 0.544. The van der Waals surface area contributed by atoms with E-state index in [1.165, 1.54) is 10.2 Å². The van der Waals surface area contributed by atoms with E-state index >= 15 is 0 Å². The van der Waals surface area contributed by atoms with Crippen LogP contribution < -0.4 is 4.74 Å². The van der Waals surface area contributed by atoms with Gasteiger partial charge in [0.2, 0.25) is 0 Å². The second-order valence-corrected chi connectivity index (χ2v) is 9.59. The summed E-state index contributed by atoms with van der Waals surface area (Å²) in [6.45, 7) is 1.31. The molecule has 0 saturated carbocycles. The van der Waals surface area contributed by atoms with Crippen LogP contribution in [0.3, 0.4) is 0 Å². The van der Waals surface area contributed by atoms with Gasteiger partial charge in [-0.2, -0.15) is 5.26 Å². The summed E-state index contributed by atoms with van der Waals surface area (Å²) in [6.07, 6.45) is 4.70. The quantitative estimate of drug-likeness (QED) is 0.440. The van der Waals surface area contributed by atoms with Crippen molar-refractivity contribution >= 4 is 21.1 Å². The third-order valence-electron chi connectivity index (χ3n) is 5.73. The molecule has 1 fully saturated rings. The predicted molar refractivity (Wildman–Crippen MR) is 123 cm³/mol. The Morgan fingerprint density at radius 2 is 1.85 bits per heavy atom. The van der Waals surface area contributed by atoms with E-state index in [4.69, 9.17) is 9.47 Å². The van der Waals surface area contributed by atoms with E-state index in [9.17, 15) is 13.7 Å². The summed E-state index contributed by atoms with van der Waals surface area (Å²) in [5.41, 5.74) is 2.34. The van der Waals surface area contributed by atoms with Crippen LogP contribution in [-0.2, 0) is 14.8 Å². The molecule has 1 aliphatic heterocycles. The monoisotopic (exact) mass is 459 g/mol. The average molecular weight is 460 g/mol. The minimum absolute atomic E-state index is 0.0292. The number of nitrogens with zero attached hydrogens (tertiary/aromatic N) is 3. The molecule has 8 heteroatoms. The minimum Gasteiger partial charge on any atom is -0.489 e. The second kappa shape index (κ2) is 8.70. The maximum atomic E-state index is 13.1. The second-order valence-electron chi connectivity index (χ2n) is 7.78. The van der Waals surface area contributed by atoms with Gasteiger partial charge < -0.3 is 9.47 Å². The number of rotatable bonds is 5. The normalized spacial score (nSPS) is 14.8. The SMILES string of the molecule is N#Cc1cc(-c2ccnc3c2ccn3S(=O)(=O)c2ccccc2)ccc1OC1CCOCC1. The highest BCUT2D eigenvalue weighted by molar-refractivity contribution is 7.90. The van der Waals surface area contributed by atoms with Gasteiger partial charge in [0, 0.05) is 30.6 Å². The highest BCUT2D eigenvalue weighted by Crippen LogP contribution is 2.33. The first-order valence-electron chi connectivity index (χ1n) is 10.6. The topological polar surface area (TPSA) is 94.2 Å². The van der Waals surface area contributed by atoms with Crippen molar-refractivity contribution < 1.29 is 17.9 Å². The molecule has 0 aliphatic carbocycles. The van der Waals surface area contributed by atoms with Crippen molar-refractivity contribution in [2.75, 3.05) is 13.2 Å². The van der Waals surface area contributed by atoms with Crippen LogP contribution in [0.1, 0.15) is 18.4 Å². The lowest BCUT2D eigenvalue weighted by Crippen LogP contribution is -2.26. The van der Waals surface area contributed by atoms with Crippen LogP contribution in [-0.4, -0.2) is 36.7 Å². The maximum Gasteiger partial charge on any atom is 0.269 e. The lowest BCUT2D eigenvalue weighted by atomic mass is 10.0. The van der Waals surface area contributed by atoms with Gasteiger partial charge in [0.25, 0.3) is 10.0 Å². The number of nitriles is 1. The maximum absolute atomic E-state index is 13.1. The van der Waals surface area contributed by atoms with Crippen molar-refractivity contribution in [3.8, 4) is 22.9 Å². The van der Waals surface area contributed by atoms with E-state index in [-0.39, 0.29) is 11.0 Å². The Morgan fingerprint density at radius 1 is 1.06 bits per heavy atom. The summed E-state index contributed by atoms with van der Waals surface area (Å²) in [6, 6.07) is 19.5. The molecule has 1 aliphatic rings. The molecule has 0 radical (unpaired) electrons. The van der Waals surface area contributed by atoms with Crippen molar-refractivity contribution in [3.05, 3.63) is 78.6 Å². The third kappa shape index (κ3) is 3.97. The fraction of sp³-hybridized carbons (Fsp3) is 0.200. The Labute approximate surface area is 191 Å². The summed E-state index contributed by atoms with van der Waals surface area (Å²) in [5, 5.41) is 10.4. The molecule has 2 aromatic carbocycles. The number of fused-ring (bicyclic) bond motifs is 1. The van der Waals surface area contributed by atoms with Gasteiger partial charge in [0.15, 0.2) is 5.65 Å². The molecule has 4 aromatic rings. The van der Waals surface area contributed by atoms with Crippen LogP contribution in [0, 0.1) is 11.3 Å². The molecule has 166 valence electrons. The van der Waals surface area contributed by atoms with Crippen LogP contribution in [0.25, 0.3) is 22.2 Å². The summed E-state index contributed by atoms with van der Waals surface area (Å²) in [4.78, 5) is 4.53. The van der Waals surface area contributed by atoms with E-state index in [0.717, 1.165) is 24.0 Å². The molecule has 0 spiro atoms. The number of pyridine rings is 1. The average Bonchev–Trinajstić information content (AvgIpc) is 3.31. The fourth-order valence-corrected chi connectivity index (χ4v) is 5.35. The first-order valence-corrected chi connectivity index (χ1v) is 12.1. The van der Waals surface area contributed by atoms with E-state index in [1.807, 2.05) is 12.1 Å². The Kier molecular flexibility index (Phi) is 5.58. The first kappa shape index (κ1) is 21.2. The van der Waals surface area contributed by atoms with Gasteiger partial charge in [-0.25, -0.2) is 17.4 Å². The van der Waals surface area contributed by atoms with Gasteiger partial charge in [-0.15, -0.1) is 0 Å². The zero-order valence-corrected chi connectivity index (χ0v) is 18.5. The third-order valence-corrected chi connectivity index (χ3v) is 7.41. The zero-order valence-electron chi connectivity index (χ0n) is 17.7.